The molecule has 2 heterocycles. The third-order valence-electron chi connectivity index (χ3n) is 3.88. The number of anilines is 1. The smallest absolute Gasteiger partial charge is 0.342 e. The lowest BCUT2D eigenvalue weighted by molar-refractivity contribution is -0.385. The summed E-state index contributed by atoms with van der Waals surface area (Å²) in [6.07, 6.45) is 3.41. The number of rotatable bonds is 4. The van der Waals surface area contributed by atoms with Gasteiger partial charge in [-0.15, -0.1) is 0 Å². The molecular formula is C13H14N2O5. The van der Waals surface area contributed by atoms with Crippen LogP contribution in [0.25, 0.3) is 0 Å². The number of hydrogen-bond acceptors (Lipinski definition) is 5. The Morgan fingerprint density at radius 3 is 2.80 bits per heavy atom. The lowest BCUT2D eigenvalue weighted by atomic mass is 9.95. The Hall–Kier alpha value is -2.15. The Morgan fingerprint density at radius 2 is 2.25 bits per heavy atom. The van der Waals surface area contributed by atoms with Crippen molar-refractivity contribution in [1.29, 1.82) is 0 Å². The molecule has 2 bridgehead atoms. The Balaban J connectivity index is 1.82. The number of nitrogens with zero attached hydrogens (tertiary/aromatic N) is 1. The molecular weight excluding hydrogens is 264 g/mol. The molecule has 3 unspecified atom stereocenters. The summed E-state index contributed by atoms with van der Waals surface area (Å²) in [4.78, 5) is 21.2. The topological polar surface area (TPSA) is 102 Å². The van der Waals surface area contributed by atoms with E-state index in [4.69, 9.17) is 9.84 Å². The number of carbonyl (C=O) groups is 1. The first kappa shape index (κ1) is 12.9. The predicted octanol–water partition coefficient (Wildman–Crippen LogP) is 2.02. The van der Waals surface area contributed by atoms with E-state index in [2.05, 4.69) is 5.32 Å². The zero-order chi connectivity index (χ0) is 14.3. The summed E-state index contributed by atoms with van der Waals surface area (Å²) in [5, 5.41) is 23.1. The number of nitro benzene ring substituents is 1. The monoisotopic (exact) mass is 278 g/mol. The number of hydrogen-bond donors (Lipinski definition) is 2. The lowest BCUT2D eigenvalue weighted by Gasteiger charge is -2.21. The van der Waals surface area contributed by atoms with Gasteiger partial charge < -0.3 is 15.2 Å². The fraction of sp³-hybridized carbons (Fsp3) is 0.462. The third-order valence-corrected chi connectivity index (χ3v) is 3.88. The van der Waals surface area contributed by atoms with Crippen LogP contribution in [0.5, 0.6) is 0 Å². The van der Waals surface area contributed by atoms with E-state index in [0.29, 0.717) is 5.69 Å². The van der Waals surface area contributed by atoms with Crippen molar-refractivity contribution in [1.82, 2.24) is 0 Å². The van der Waals surface area contributed by atoms with Gasteiger partial charge in [0.25, 0.3) is 5.69 Å². The molecule has 0 aromatic heterocycles. The van der Waals surface area contributed by atoms with Crippen LogP contribution in [0.4, 0.5) is 11.4 Å². The summed E-state index contributed by atoms with van der Waals surface area (Å²) in [5.41, 5.74) is -0.120. The molecule has 1 aromatic rings. The largest absolute Gasteiger partial charge is 0.477 e. The van der Waals surface area contributed by atoms with E-state index >= 15 is 0 Å². The zero-order valence-corrected chi connectivity index (χ0v) is 10.6. The molecule has 20 heavy (non-hydrogen) atoms. The van der Waals surface area contributed by atoms with Crippen molar-refractivity contribution in [3.63, 3.8) is 0 Å². The van der Waals surface area contributed by atoms with Crippen LogP contribution >= 0.6 is 0 Å². The summed E-state index contributed by atoms with van der Waals surface area (Å²) in [6.45, 7) is 0. The average Bonchev–Trinajstić information content (AvgIpc) is 3.00. The summed E-state index contributed by atoms with van der Waals surface area (Å²) >= 11 is 0. The van der Waals surface area contributed by atoms with Crippen LogP contribution in [0, 0.1) is 10.1 Å². The maximum Gasteiger partial charge on any atom is 0.342 e. The van der Waals surface area contributed by atoms with Crippen molar-refractivity contribution in [3.05, 3.63) is 33.9 Å². The normalized spacial score (nSPS) is 27.5. The van der Waals surface area contributed by atoms with Crippen molar-refractivity contribution in [2.75, 3.05) is 5.32 Å². The van der Waals surface area contributed by atoms with Crippen molar-refractivity contribution >= 4 is 17.3 Å². The van der Waals surface area contributed by atoms with Gasteiger partial charge in [0, 0.05) is 11.8 Å². The van der Waals surface area contributed by atoms with Crippen LogP contribution in [-0.2, 0) is 4.74 Å². The van der Waals surface area contributed by atoms with Gasteiger partial charge in [-0.25, -0.2) is 4.79 Å². The Kier molecular flexibility index (Phi) is 3.06. The van der Waals surface area contributed by atoms with Gasteiger partial charge in [-0.3, -0.25) is 10.1 Å². The van der Waals surface area contributed by atoms with Crippen molar-refractivity contribution in [2.24, 2.45) is 0 Å². The molecule has 7 heteroatoms. The molecule has 0 radical (unpaired) electrons. The van der Waals surface area contributed by atoms with Crippen LogP contribution < -0.4 is 5.32 Å². The number of aromatic carboxylic acids is 1. The highest BCUT2D eigenvalue weighted by Gasteiger charge is 2.40. The standard InChI is InChI=1S/C13H14N2O5/c16-13(17)9-5-7(1-3-11(9)15(18)19)14-10-6-8-2-4-12(10)20-8/h1,3,5,8,10,12,14H,2,4,6H2,(H,16,17). The van der Waals surface area contributed by atoms with Crippen LogP contribution in [0.2, 0.25) is 0 Å². The van der Waals surface area contributed by atoms with Gasteiger partial charge in [-0.05, 0) is 31.4 Å². The van der Waals surface area contributed by atoms with Gasteiger partial charge in [0.2, 0.25) is 0 Å². The van der Waals surface area contributed by atoms with Crippen LogP contribution in [0.3, 0.4) is 0 Å². The van der Waals surface area contributed by atoms with Gasteiger partial charge in [-0.1, -0.05) is 0 Å². The molecule has 0 saturated carbocycles. The van der Waals surface area contributed by atoms with Crippen molar-refractivity contribution in [2.45, 2.75) is 37.5 Å². The molecule has 0 aliphatic carbocycles. The Bertz CT molecular complexity index is 574. The number of carboxylic acid groups (broad SMARTS) is 1. The molecule has 3 atom stereocenters. The first-order valence-electron chi connectivity index (χ1n) is 6.48. The highest BCUT2D eigenvalue weighted by atomic mass is 16.6. The van der Waals surface area contributed by atoms with Crippen LogP contribution in [0.15, 0.2) is 18.2 Å². The molecule has 1 aromatic carbocycles. The summed E-state index contributed by atoms with van der Waals surface area (Å²) < 4.78 is 5.71. The molecule has 2 fully saturated rings. The number of nitro groups is 1. The minimum atomic E-state index is -1.30. The Morgan fingerprint density at radius 1 is 1.45 bits per heavy atom. The molecule has 2 aliphatic heterocycles. The minimum absolute atomic E-state index is 0.150. The molecule has 106 valence electrons. The fourth-order valence-electron chi connectivity index (χ4n) is 2.96. The molecule has 2 N–H and O–H groups in total. The highest BCUT2D eigenvalue weighted by molar-refractivity contribution is 5.93. The van der Waals surface area contributed by atoms with E-state index in [-0.39, 0.29) is 23.8 Å². The molecule has 0 amide bonds. The third kappa shape index (κ3) is 2.20. The maximum atomic E-state index is 11.1. The van der Waals surface area contributed by atoms with E-state index in [1.165, 1.54) is 18.2 Å². The second-order valence-corrected chi connectivity index (χ2v) is 5.15. The average molecular weight is 278 g/mol. The first-order chi connectivity index (χ1) is 9.54. The molecule has 0 spiro atoms. The maximum absolute atomic E-state index is 11.1. The van der Waals surface area contributed by atoms with Gasteiger partial charge in [0.1, 0.15) is 5.56 Å². The fourth-order valence-corrected chi connectivity index (χ4v) is 2.96. The van der Waals surface area contributed by atoms with E-state index in [1.807, 2.05) is 0 Å². The van der Waals surface area contributed by atoms with Gasteiger partial charge in [0.05, 0.1) is 23.2 Å². The lowest BCUT2D eigenvalue weighted by Crippen LogP contribution is -2.30. The van der Waals surface area contributed by atoms with Crippen LogP contribution in [0.1, 0.15) is 29.6 Å². The number of benzene rings is 1. The van der Waals surface area contributed by atoms with E-state index < -0.39 is 16.6 Å². The molecule has 2 aliphatic rings. The zero-order valence-electron chi connectivity index (χ0n) is 10.6. The second kappa shape index (κ2) is 4.75. The summed E-state index contributed by atoms with van der Waals surface area (Å²) in [7, 11) is 0. The van der Waals surface area contributed by atoms with Crippen LogP contribution in [-0.4, -0.2) is 34.2 Å². The number of carboxylic acids is 1. The SMILES string of the molecule is O=C(O)c1cc(NC2CC3CCC2O3)ccc1[N+](=O)[O-]. The number of ether oxygens (including phenoxy) is 1. The second-order valence-electron chi connectivity index (χ2n) is 5.15. The van der Waals surface area contributed by atoms with E-state index in [9.17, 15) is 14.9 Å². The van der Waals surface area contributed by atoms with E-state index in [1.54, 1.807) is 0 Å². The van der Waals surface area contributed by atoms with E-state index in [0.717, 1.165) is 19.3 Å². The number of fused-ring (bicyclic) bond motifs is 2. The van der Waals surface area contributed by atoms with Gasteiger partial charge >= 0.3 is 5.97 Å². The summed E-state index contributed by atoms with van der Waals surface area (Å²) in [6, 6.07) is 4.22. The molecule has 2 saturated heterocycles. The van der Waals surface area contributed by atoms with Crippen molar-refractivity contribution in [3.8, 4) is 0 Å². The highest BCUT2D eigenvalue weighted by Crippen LogP contribution is 2.36. The summed E-state index contributed by atoms with van der Waals surface area (Å²) in [5.74, 6) is -1.30. The number of nitrogens with one attached hydrogen (secondary N) is 1. The quantitative estimate of drug-likeness (QED) is 0.645. The van der Waals surface area contributed by atoms with Crippen molar-refractivity contribution < 1.29 is 19.6 Å². The first-order valence-corrected chi connectivity index (χ1v) is 6.48. The minimum Gasteiger partial charge on any atom is -0.477 e. The predicted molar refractivity (Wildman–Crippen MR) is 70.0 cm³/mol. The van der Waals surface area contributed by atoms with Gasteiger partial charge in [-0.2, -0.15) is 0 Å². The molecule has 3 rings (SSSR count). The molecule has 7 nitrogen and oxygen atoms in total. The van der Waals surface area contributed by atoms with Gasteiger partial charge in [0.15, 0.2) is 0 Å². The Labute approximate surface area is 114 Å².